The molecule has 0 bridgehead atoms. The molecule has 8 heteroatoms. The third-order valence-corrected chi connectivity index (χ3v) is 5.94. The zero-order chi connectivity index (χ0) is 20.4. The van der Waals surface area contributed by atoms with Crippen molar-refractivity contribution in [1.29, 1.82) is 0 Å². The lowest BCUT2D eigenvalue weighted by atomic mass is 10.1. The summed E-state index contributed by atoms with van der Waals surface area (Å²) in [6.45, 7) is 5.70. The first-order valence-electron chi connectivity index (χ1n) is 9.54. The standard InChI is InChI=1S/C21H23N5O2S/c1-4-22-21-24-13(2)19(29-21)20(27)26-11-15-10-23-18(25-17(15)12-26)9-14-5-7-16(28-3)8-6-14/h5-8,10H,4,9,11-12H2,1-3H3,(H,22,24). The number of aromatic nitrogens is 3. The van der Waals surface area contributed by atoms with E-state index in [0.717, 1.165) is 45.8 Å². The molecule has 0 saturated carbocycles. The highest BCUT2D eigenvalue weighted by Crippen LogP contribution is 2.28. The predicted molar refractivity (Wildman–Crippen MR) is 112 cm³/mol. The number of nitrogens with one attached hydrogen (secondary N) is 1. The molecule has 0 saturated heterocycles. The highest BCUT2D eigenvalue weighted by Gasteiger charge is 2.28. The van der Waals surface area contributed by atoms with E-state index >= 15 is 0 Å². The summed E-state index contributed by atoms with van der Waals surface area (Å²) < 4.78 is 5.20. The minimum atomic E-state index is -0.00106. The van der Waals surface area contributed by atoms with Crippen LogP contribution < -0.4 is 10.1 Å². The van der Waals surface area contributed by atoms with Crippen molar-refractivity contribution in [3.05, 3.63) is 63.7 Å². The SMILES string of the molecule is CCNc1nc(C)c(C(=O)N2Cc3cnc(Cc4ccc(OC)cc4)nc3C2)s1. The number of nitrogens with zero attached hydrogens (tertiary/aromatic N) is 4. The molecular weight excluding hydrogens is 386 g/mol. The fourth-order valence-electron chi connectivity index (χ4n) is 3.31. The van der Waals surface area contributed by atoms with Gasteiger partial charge >= 0.3 is 0 Å². The summed E-state index contributed by atoms with van der Waals surface area (Å²) in [6.07, 6.45) is 2.49. The molecule has 0 aliphatic carbocycles. The summed E-state index contributed by atoms with van der Waals surface area (Å²) >= 11 is 1.41. The number of carbonyl (C=O) groups is 1. The smallest absolute Gasteiger partial charge is 0.266 e. The number of amides is 1. The van der Waals surface area contributed by atoms with Gasteiger partial charge in [-0.05, 0) is 31.5 Å². The lowest BCUT2D eigenvalue weighted by Gasteiger charge is -2.13. The van der Waals surface area contributed by atoms with Crippen LogP contribution in [0.1, 0.15) is 44.9 Å². The Morgan fingerprint density at radius 3 is 2.76 bits per heavy atom. The highest BCUT2D eigenvalue weighted by atomic mass is 32.1. The topological polar surface area (TPSA) is 80.2 Å². The van der Waals surface area contributed by atoms with E-state index in [4.69, 9.17) is 9.72 Å². The van der Waals surface area contributed by atoms with Crippen LogP contribution >= 0.6 is 11.3 Å². The second kappa shape index (κ2) is 8.16. The molecule has 3 aromatic rings. The molecule has 0 spiro atoms. The van der Waals surface area contributed by atoms with E-state index in [1.165, 1.54) is 11.3 Å². The van der Waals surface area contributed by atoms with Crippen LogP contribution in [0.2, 0.25) is 0 Å². The van der Waals surface area contributed by atoms with Gasteiger partial charge < -0.3 is 15.0 Å². The van der Waals surface area contributed by atoms with Gasteiger partial charge in [0.25, 0.3) is 5.91 Å². The van der Waals surface area contributed by atoms with Crippen molar-refractivity contribution in [3.63, 3.8) is 0 Å². The Bertz CT molecular complexity index is 1030. The van der Waals surface area contributed by atoms with E-state index in [0.29, 0.717) is 24.4 Å². The molecule has 29 heavy (non-hydrogen) atoms. The number of benzene rings is 1. The average molecular weight is 410 g/mol. The van der Waals surface area contributed by atoms with Crippen LogP contribution in [-0.2, 0) is 19.5 Å². The van der Waals surface area contributed by atoms with Gasteiger partial charge in [-0.2, -0.15) is 0 Å². The minimum Gasteiger partial charge on any atom is -0.497 e. The maximum absolute atomic E-state index is 13.0. The lowest BCUT2D eigenvalue weighted by Crippen LogP contribution is -2.25. The number of ether oxygens (including phenoxy) is 1. The van der Waals surface area contributed by atoms with Gasteiger partial charge in [0.2, 0.25) is 0 Å². The number of carbonyl (C=O) groups excluding carboxylic acids is 1. The zero-order valence-electron chi connectivity index (χ0n) is 16.7. The highest BCUT2D eigenvalue weighted by molar-refractivity contribution is 7.17. The number of methoxy groups -OCH3 is 1. The maximum Gasteiger partial charge on any atom is 0.266 e. The fraction of sp³-hybridized carbons (Fsp3) is 0.333. The molecule has 0 radical (unpaired) electrons. The first kappa shape index (κ1) is 19.3. The molecular formula is C21H23N5O2S. The Labute approximate surface area is 173 Å². The quantitative estimate of drug-likeness (QED) is 0.672. The van der Waals surface area contributed by atoms with Crippen LogP contribution in [0.15, 0.2) is 30.5 Å². The van der Waals surface area contributed by atoms with E-state index in [2.05, 4.69) is 15.3 Å². The number of hydrogen-bond donors (Lipinski definition) is 1. The largest absolute Gasteiger partial charge is 0.497 e. The number of rotatable bonds is 6. The number of fused-ring (bicyclic) bond motifs is 1. The van der Waals surface area contributed by atoms with Gasteiger partial charge in [-0.1, -0.05) is 23.5 Å². The van der Waals surface area contributed by atoms with Crippen LogP contribution in [0.3, 0.4) is 0 Å². The van der Waals surface area contributed by atoms with Crippen molar-refractivity contribution in [2.24, 2.45) is 0 Å². The van der Waals surface area contributed by atoms with E-state index in [1.54, 1.807) is 7.11 Å². The summed E-state index contributed by atoms with van der Waals surface area (Å²) in [5.41, 5.74) is 3.81. The number of anilines is 1. The van der Waals surface area contributed by atoms with Crippen molar-refractivity contribution in [2.75, 3.05) is 19.0 Å². The van der Waals surface area contributed by atoms with E-state index in [1.807, 2.05) is 49.2 Å². The van der Waals surface area contributed by atoms with Crippen LogP contribution in [0.25, 0.3) is 0 Å². The Morgan fingerprint density at radius 1 is 1.24 bits per heavy atom. The summed E-state index contributed by atoms with van der Waals surface area (Å²) in [6, 6.07) is 7.89. The predicted octanol–water partition coefficient (Wildman–Crippen LogP) is 3.43. The van der Waals surface area contributed by atoms with Crippen molar-refractivity contribution in [2.45, 2.75) is 33.4 Å². The van der Waals surface area contributed by atoms with Gasteiger partial charge in [0.1, 0.15) is 16.5 Å². The summed E-state index contributed by atoms with van der Waals surface area (Å²) in [7, 11) is 1.65. The molecule has 1 aliphatic rings. The summed E-state index contributed by atoms with van der Waals surface area (Å²) in [4.78, 5) is 29.1. The van der Waals surface area contributed by atoms with Crippen molar-refractivity contribution in [1.82, 2.24) is 19.9 Å². The molecule has 0 fully saturated rings. The summed E-state index contributed by atoms with van der Waals surface area (Å²) in [5.74, 6) is 1.58. The Morgan fingerprint density at radius 2 is 2.03 bits per heavy atom. The normalized spacial score (nSPS) is 12.7. The molecule has 7 nitrogen and oxygen atoms in total. The fourth-order valence-corrected chi connectivity index (χ4v) is 4.32. The van der Waals surface area contributed by atoms with E-state index in [-0.39, 0.29) is 5.91 Å². The molecule has 3 heterocycles. The van der Waals surface area contributed by atoms with Crippen molar-refractivity contribution >= 4 is 22.4 Å². The van der Waals surface area contributed by atoms with Crippen LogP contribution in [0.4, 0.5) is 5.13 Å². The zero-order valence-corrected chi connectivity index (χ0v) is 17.5. The van der Waals surface area contributed by atoms with Crippen molar-refractivity contribution in [3.8, 4) is 5.75 Å². The molecule has 150 valence electrons. The first-order valence-corrected chi connectivity index (χ1v) is 10.4. The minimum absolute atomic E-state index is 0.00106. The number of thiazole rings is 1. The van der Waals surface area contributed by atoms with Gasteiger partial charge in [0.05, 0.1) is 25.0 Å². The van der Waals surface area contributed by atoms with E-state index < -0.39 is 0 Å². The molecule has 1 aliphatic heterocycles. The molecule has 1 N–H and O–H groups in total. The van der Waals surface area contributed by atoms with Gasteiger partial charge in [-0.3, -0.25) is 4.79 Å². The number of aryl methyl sites for hydroxylation is 1. The average Bonchev–Trinajstić information content (AvgIpc) is 3.31. The second-order valence-corrected chi connectivity index (χ2v) is 7.91. The van der Waals surface area contributed by atoms with E-state index in [9.17, 15) is 4.79 Å². The first-order chi connectivity index (χ1) is 14.1. The molecule has 4 rings (SSSR count). The molecule has 2 aromatic heterocycles. The van der Waals surface area contributed by atoms with Crippen LogP contribution in [0, 0.1) is 6.92 Å². The van der Waals surface area contributed by atoms with Crippen LogP contribution in [0.5, 0.6) is 5.75 Å². The Hall–Kier alpha value is -3.00. The number of hydrogen-bond acceptors (Lipinski definition) is 7. The maximum atomic E-state index is 13.0. The molecule has 1 amide bonds. The Balaban J connectivity index is 1.47. The second-order valence-electron chi connectivity index (χ2n) is 6.91. The third kappa shape index (κ3) is 4.07. The molecule has 0 unspecified atom stereocenters. The van der Waals surface area contributed by atoms with Gasteiger partial charge in [-0.25, -0.2) is 15.0 Å². The third-order valence-electron chi connectivity index (χ3n) is 4.83. The molecule has 1 aromatic carbocycles. The van der Waals surface area contributed by atoms with Gasteiger partial charge in [0.15, 0.2) is 5.13 Å². The van der Waals surface area contributed by atoms with Crippen LogP contribution in [-0.4, -0.2) is 39.4 Å². The monoisotopic (exact) mass is 409 g/mol. The lowest BCUT2D eigenvalue weighted by molar-refractivity contribution is 0.0754. The molecule has 0 atom stereocenters. The summed E-state index contributed by atoms with van der Waals surface area (Å²) in [5, 5.41) is 3.96. The van der Waals surface area contributed by atoms with Crippen molar-refractivity contribution < 1.29 is 9.53 Å². The van der Waals surface area contributed by atoms with Gasteiger partial charge in [0, 0.05) is 31.3 Å². The van der Waals surface area contributed by atoms with Gasteiger partial charge in [-0.15, -0.1) is 0 Å². The Kier molecular flexibility index (Phi) is 5.44.